The van der Waals surface area contributed by atoms with Crippen molar-refractivity contribution in [1.29, 1.82) is 0 Å². The first-order valence-corrected chi connectivity index (χ1v) is 6.21. The Balaban J connectivity index is 2.11. The minimum Gasteiger partial charge on any atom is -0.379 e. The normalized spacial score (nSPS) is 25.4. The summed E-state index contributed by atoms with van der Waals surface area (Å²) in [6.07, 6.45) is 2.13. The van der Waals surface area contributed by atoms with Crippen LogP contribution in [-0.4, -0.2) is 39.5 Å². The summed E-state index contributed by atoms with van der Waals surface area (Å²) < 4.78 is 7.47. The molecule has 0 saturated carbocycles. The third-order valence-electron chi connectivity index (χ3n) is 3.13. The van der Waals surface area contributed by atoms with Crippen LogP contribution in [0.15, 0.2) is 0 Å². The molecule has 1 fully saturated rings. The van der Waals surface area contributed by atoms with Crippen LogP contribution in [0.1, 0.15) is 39.4 Å². The number of hydrogen-bond donors (Lipinski definition) is 1. The summed E-state index contributed by atoms with van der Waals surface area (Å²) in [5, 5.41) is 15.3. The molecule has 0 radical (unpaired) electrons. The highest BCUT2D eigenvalue weighted by atomic mass is 16.5. The highest BCUT2D eigenvalue weighted by molar-refractivity contribution is 4.92. The molecule has 2 rings (SSSR count). The molecular weight excluding hydrogens is 218 g/mol. The van der Waals surface area contributed by atoms with E-state index in [0.717, 1.165) is 25.3 Å². The van der Waals surface area contributed by atoms with Crippen molar-refractivity contribution < 1.29 is 4.74 Å². The molecule has 17 heavy (non-hydrogen) atoms. The van der Waals surface area contributed by atoms with Gasteiger partial charge in [-0.3, -0.25) is 0 Å². The van der Waals surface area contributed by atoms with Gasteiger partial charge in [-0.1, -0.05) is 13.8 Å². The Bertz CT molecular complexity index is 356. The van der Waals surface area contributed by atoms with Gasteiger partial charge in [0.1, 0.15) is 0 Å². The maximum atomic E-state index is 5.55. The van der Waals surface area contributed by atoms with Crippen molar-refractivity contribution in [3.63, 3.8) is 0 Å². The maximum Gasteiger partial charge on any atom is 0.165 e. The molecule has 0 amide bonds. The Morgan fingerprint density at radius 3 is 3.00 bits per heavy atom. The Morgan fingerprint density at radius 1 is 1.53 bits per heavy atom. The van der Waals surface area contributed by atoms with Gasteiger partial charge in [0, 0.05) is 12.6 Å². The third-order valence-corrected chi connectivity index (χ3v) is 3.13. The summed E-state index contributed by atoms with van der Waals surface area (Å²) >= 11 is 0. The van der Waals surface area contributed by atoms with E-state index in [2.05, 4.69) is 41.6 Å². The van der Waals surface area contributed by atoms with E-state index in [1.807, 2.05) is 4.68 Å². The summed E-state index contributed by atoms with van der Waals surface area (Å²) in [5.41, 5.74) is -0.101. The van der Waals surface area contributed by atoms with Crippen LogP contribution >= 0.6 is 0 Å². The summed E-state index contributed by atoms with van der Waals surface area (Å²) in [4.78, 5) is 0. The number of ether oxygens (including phenoxy) is 1. The minimum atomic E-state index is -0.101. The van der Waals surface area contributed by atoms with Crippen LogP contribution in [0.3, 0.4) is 0 Å². The van der Waals surface area contributed by atoms with Gasteiger partial charge in [0.25, 0.3) is 0 Å². The monoisotopic (exact) mass is 239 g/mol. The number of hydrogen-bond acceptors (Lipinski definition) is 5. The Morgan fingerprint density at radius 2 is 2.35 bits per heavy atom. The first-order valence-electron chi connectivity index (χ1n) is 6.21. The quantitative estimate of drug-likeness (QED) is 0.837. The molecule has 0 spiro atoms. The largest absolute Gasteiger partial charge is 0.379 e. The summed E-state index contributed by atoms with van der Waals surface area (Å²) in [6.45, 7) is 8.60. The molecule has 1 aromatic heterocycles. The average molecular weight is 239 g/mol. The highest BCUT2D eigenvalue weighted by Gasteiger charge is 2.33. The van der Waals surface area contributed by atoms with Crippen molar-refractivity contribution in [2.45, 2.75) is 51.7 Å². The Hall–Kier alpha value is -1.01. The first kappa shape index (κ1) is 12.4. The lowest BCUT2D eigenvalue weighted by atomic mass is 9.95. The van der Waals surface area contributed by atoms with Crippen molar-refractivity contribution in [2.24, 2.45) is 0 Å². The fourth-order valence-corrected chi connectivity index (χ4v) is 2.12. The van der Waals surface area contributed by atoms with E-state index in [-0.39, 0.29) is 5.54 Å². The molecule has 96 valence electrons. The van der Waals surface area contributed by atoms with Crippen LogP contribution in [-0.2, 0) is 16.8 Å². The van der Waals surface area contributed by atoms with Gasteiger partial charge in [0.05, 0.1) is 18.7 Å². The molecule has 1 unspecified atom stereocenters. The summed E-state index contributed by atoms with van der Waals surface area (Å²) in [6, 6.07) is 0.426. The number of tetrazole rings is 1. The van der Waals surface area contributed by atoms with E-state index in [4.69, 9.17) is 4.74 Å². The van der Waals surface area contributed by atoms with E-state index in [0.29, 0.717) is 19.2 Å². The SMILES string of the molecule is CC(C)NCc1nnnn1C1(C)CCCOC1. The lowest BCUT2D eigenvalue weighted by molar-refractivity contribution is 0.000976. The van der Waals surface area contributed by atoms with Crippen molar-refractivity contribution in [2.75, 3.05) is 13.2 Å². The number of nitrogens with zero attached hydrogens (tertiary/aromatic N) is 4. The second-order valence-electron chi connectivity index (χ2n) is 5.20. The smallest absolute Gasteiger partial charge is 0.165 e. The van der Waals surface area contributed by atoms with E-state index >= 15 is 0 Å². The number of nitrogens with one attached hydrogen (secondary N) is 1. The van der Waals surface area contributed by atoms with Crippen LogP contribution in [0.25, 0.3) is 0 Å². The maximum absolute atomic E-state index is 5.55. The van der Waals surface area contributed by atoms with Crippen molar-refractivity contribution in [1.82, 2.24) is 25.5 Å². The zero-order valence-corrected chi connectivity index (χ0v) is 10.8. The van der Waals surface area contributed by atoms with E-state index in [1.165, 1.54) is 0 Å². The average Bonchev–Trinajstić information content (AvgIpc) is 2.76. The molecule has 6 nitrogen and oxygen atoms in total. The second kappa shape index (κ2) is 5.10. The van der Waals surface area contributed by atoms with Gasteiger partial charge in [-0.05, 0) is 30.2 Å². The van der Waals surface area contributed by atoms with Gasteiger partial charge in [0.15, 0.2) is 5.82 Å². The zero-order chi connectivity index (χ0) is 12.3. The van der Waals surface area contributed by atoms with Gasteiger partial charge in [-0.25, -0.2) is 4.68 Å². The first-order chi connectivity index (χ1) is 8.12. The van der Waals surface area contributed by atoms with E-state index in [1.54, 1.807) is 0 Å². The van der Waals surface area contributed by atoms with Crippen LogP contribution in [0, 0.1) is 0 Å². The van der Waals surface area contributed by atoms with Crippen LogP contribution in [0.2, 0.25) is 0 Å². The van der Waals surface area contributed by atoms with Gasteiger partial charge in [-0.15, -0.1) is 5.10 Å². The molecule has 0 aromatic carbocycles. The van der Waals surface area contributed by atoms with Gasteiger partial charge in [-0.2, -0.15) is 0 Å². The van der Waals surface area contributed by atoms with Crippen molar-refractivity contribution in [3.05, 3.63) is 5.82 Å². The van der Waals surface area contributed by atoms with Crippen LogP contribution in [0.4, 0.5) is 0 Å². The lowest BCUT2D eigenvalue weighted by Crippen LogP contribution is -2.41. The second-order valence-corrected chi connectivity index (χ2v) is 5.20. The van der Waals surface area contributed by atoms with Crippen LogP contribution in [0.5, 0.6) is 0 Å². The molecule has 6 heteroatoms. The number of aromatic nitrogens is 4. The van der Waals surface area contributed by atoms with Gasteiger partial charge >= 0.3 is 0 Å². The number of rotatable bonds is 4. The van der Waals surface area contributed by atoms with E-state index in [9.17, 15) is 0 Å². The molecule has 1 atom stereocenters. The van der Waals surface area contributed by atoms with Crippen LogP contribution < -0.4 is 5.32 Å². The topological polar surface area (TPSA) is 64.9 Å². The molecule has 1 saturated heterocycles. The summed E-state index contributed by atoms with van der Waals surface area (Å²) in [7, 11) is 0. The predicted molar refractivity (Wildman–Crippen MR) is 63.5 cm³/mol. The highest BCUT2D eigenvalue weighted by Crippen LogP contribution is 2.26. The molecule has 2 heterocycles. The molecule has 1 N–H and O–H groups in total. The minimum absolute atomic E-state index is 0.101. The van der Waals surface area contributed by atoms with Gasteiger partial charge in [0.2, 0.25) is 0 Å². The Labute approximate surface area is 102 Å². The molecule has 1 aromatic rings. The predicted octanol–water partition coefficient (Wildman–Crippen LogP) is 0.697. The standard InChI is InChI=1S/C11H21N5O/c1-9(2)12-7-10-13-14-15-16(10)11(3)5-4-6-17-8-11/h9,12H,4-8H2,1-3H3. The molecular formula is C11H21N5O. The van der Waals surface area contributed by atoms with Gasteiger partial charge < -0.3 is 10.1 Å². The molecule has 0 aliphatic carbocycles. The Kier molecular flexibility index (Phi) is 3.73. The molecule has 1 aliphatic rings. The fourth-order valence-electron chi connectivity index (χ4n) is 2.12. The third kappa shape index (κ3) is 2.81. The fraction of sp³-hybridized carbons (Fsp3) is 0.909. The summed E-state index contributed by atoms with van der Waals surface area (Å²) in [5.74, 6) is 0.881. The zero-order valence-electron chi connectivity index (χ0n) is 10.8. The lowest BCUT2D eigenvalue weighted by Gasteiger charge is -2.33. The van der Waals surface area contributed by atoms with Crippen molar-refractivity contribution >= 4 is 0 Å². The van der Waals surface area contributed by atoms with E-state index < -0.39 is 0 Å². The molecule has 0 bridgehead atoms. The van der Waals surface area contributed by atoms with Crippen molar-refractivity contribution in [3.8, 4) is 0 Å². The molecule has 1 aliphatic heterocycles.